The van der Waals surface area contributed by atoms with Crippen molar-refractivity contribution < 1.29 is 9.13 Å². The van der Waals surface area contributed by atoms with Crippen LogP contribution in [0.1, 0.15) is 25.3 Å². The highest BCUT2D eigenvalue weighted by Gasteiger charge is 2.16. The molecule has 0 saturated carbocycles. The standard InChI is InChI=1S/C13H12ClFN2O/c1-8(2)11-12(14)16-7-17-13(11)18-10-6-4-3-5-9(10)15/h3-8H,1-2H3. The number of aromatic nitrogens is 2. The van der Waals surface area contributed by atoms with Crippen molar-refractivity contribution in [2.24, 2.45) is 0 Å². The molecule has 1 aromatic carbocycles. The van der Waals surface area contributed by atoms with Gasteiger partial charge in [-0.15, -0.1) is 0 Å². The molecule has 0 bridgehead atoms. The molecule has 5 heteroatoms. The van der Waals surface area contributed by atoms with E-state index in [2.05, 4.69) is 9.97 Å². The van der Waals surface area contributed by atoms with Gasteiger partial charge in [0.25, 0.3) is 0 Å². The Hall–Kier alpha value is -1.68. The predicted molar refractivity (Wildman–Crippen MR) is 67.6 cm³/mol. The molecule has 1 heterocycles. The van der Waals surface area contributed by atoms with Crippen molar-refractivity contribution in [2.45, 2.75) is 19.8 Å². The maximum absolute atomic E-state index is 13.5. The van der Waals surface area contributed by atoms with Crippen LogP contribution in [0, 0.1) is 5.82 Å². The normalized spacial score (nSPS) is 10.7. The molecule has 0 amide bonds. The van der Waals surface area contributed by atoms with Crippen LogP contribution in [-0.2, 0) is 0 Å². The first kappa shape index (κ1) is 12.8. The van der Waals surface area contributed by atoms with Gasteiger partial charge in [0.2, 0.25) is 5.88 Å². The van der Waals surface area contributed by atoms with E-state index in [1.165, 1.54) is 18.5 Å². The summed E-state index contributed by atoms with van der Waals surface area (Å²) in [5.41, 5.74) is 0.669. The van der Waals surface area contributed by atoms with Crippen LogP contribution in [-0.4, -0.2) is 9.97 Å². The molecule has 0 spiro atoms. The number of nitrogens with zero attached hydrogens (tertiary/aromatic N) is 2. The molecule has 0 aliphatic carbocycles. The minimum absolute atomic E-state index is 0.0838. The summed E-state index contributed by atoms with van der Waals surface area (Å²) >= 11 is 6.01. The number of hydrogen-bond acceptors (Lipinski definition) is 3. The summed E-state index contributed by atoms with van der Waals surface area (Å²) < 4.78 is 19.0. The molecular formula is C13H12ClFN2O. The molecule has 0 atom stereocenters. The number of halogens is 2. The fourth-order valence-electron chi connectivity index (χ4n) is 1.56. The lowest BCUT2D eigenvalue weighted by atomic mass is 10.1. The molecule has 0 aliphatic heterocycles. The number of hydrogen-bond donors (Lipinski definition) is 0. The number of rotatable bonds is 3. The second-order valence-corrected chi connectivity index (χ2v) is 4.43. The average Bonchev–Trinajstić information content (AvgIpc) is 2.31. The van der Waals surface area contributed by atoms with Gasteiger partial charge in [0.05, 0.1) is 5.56 Å². The van der Waals surface area contributed by atoms with Gasteiger partial charge in [0, 0.05) is 0 Å². The van der Waals surface area contributed by atoms with Gasteiger partial charge < -0.3 is 4.74 Å². The SMILES string of the molecule is CC(C)c1c(Cl)ncnc1Oc1ccccc1F. The smallest absolute Gasteiger partial charge is 0.227 e. The fraction of sp³-hybridized carbons (Fsp3) is 0.231. The lowest BCUT2D eigenvalue weighted by Crippen LogP contribution is -2.00. The van der Waals surface area contributed by atoms with Crippen molar-refractivity contribution in [3.8, 4) is 11.6 Å². The molecule has 0 radical (unpaired) electrons. The molecule has 0 aliphatic rings. The molecule has 1 aromatic heterocycles. The first-order valence-electron chi connectivity index (χ1n) is 5.52. The highest BCUT2D eigenvalue weighted by Crippen LogP contribution is 2.33. The minimum atomic E-state index is -0.443. The Balaban J connectivity index is 2.41. The van der Waals surface area contributed by atoms with Crippen LogP contribution in [0.15, 0.2) is 30.6 Å². The summed E-state index contributed by atoms with van der Waals surface area (Å²) in [6.07, 6.45) is 1.30. The summed E-state index contributed by atoms with van der Waals surface area (Å²) in [5, 5.41) is 0.325. The van der Waals surface area contributed by atoms with Gasteiger partial charge in [-0.05, 0) is 18.1 Å². The third-order valence-corrected chi connectivity index (χ3v) is 2.72. The Labute approximate surface area is 110 Å². The van der Waals surface area contributed by atoms with Gasteiger partial charge in [-0.1, -0.05) is 37.6 Å². The molecule has 2 aromatic rings. The third kappa shape index (κ3) is 2.59. The molecule has 0 unspecified atom stereocenters. The summed E-state index contributed by atoms with van der Waals surface area (Å²) in [7, 11) is 0. The van der Waals surface area contributed by atoms with Gasteiger partial charge in [-0.2, -0.15) is 0 Å². The van der Waals surface area contributed by atoms with Gasteiger partial charge in [-0.25, -0.2) is 14.4 Å². The number of ether oxygens (including phenoxy) is 1. The lowest BCUT2D eigenvalue weighted by Gasteiger charge is -2.13. The van der Waals surface area contributed by atoms with E-state index in [4.69, 9.17) is 16.3 Å². The lowest BCUT2D eigenvalue weighted by molar-refractivity contribution is 0.419. The van der Waals surface area contributed by atoms with E-state index in [1.54, 1.807) is 12.1 Å². The van der Waals surface area contributed by atoms with Crippen molar-refractivity contribution in [1.82, 2.24) is 9.97 Å². The van der Waals surface area contributed by atoms with E-state index in [9.17, 15) is 4.39 Å². The molecule has 0 N–H and O–H groups in total. The van der Waals surface area contributed by atoms with Gasteiger partial charge in [0.1, 0.15) is 11.5 Å². The summed E-state index contributed by atoms with van der Waals surface area (Å²) in [6.45, 7) is 3.89. The van der Waals surface area contributed by atoms with E-state index in [0.717, 1.165) is 0 Å². The van der Waals surface area contributed by atoms with E-state index in [-0.39, 0.29) is 17.5 Å². The van der Waals surface area contributed by atoms with E-state index in [0.29, 0.717) is 10.7 Å². The first-order chi connectivity index (χ1) is 8.59. The minimum Gasteiger partial charge on any atom is -0.435 e. The van der Waals surface area contributed by atoms with E-state index < -0.39 is 5.82 Å². The van der Waals surface area contributed by atoms with Gasteiger partial charge >= 0.3 is 0 Å². The van der Waals surface area contributed by atoms with Crippen LogP contribution in [0.25, 0.3) is 0 Å². The monoisotopic (exact) mass is 266 g/mol. The Bertz CT molecular complexity index is 560. The zero-order valence-corrected chi connectivity index (χ0v) is 10.8. The highest BCUT2D eigenvalue weighted by molar-refractivity contribution is 6.30. The molecule has 3 nitrogen and oxygen atoms in total. The molecule has 2 rings (SSSR count). The second kappa shape index (κ2) is 5.31. The Morgan fingerprint density at radius 3 is 2.61 bits per heavy atom. The summed E-state index contributed by atoms with van der Waals surface area (Å²) in [6, 6.07) is 6.15. The van der Waals surface area contributed by atoms with Gasteiger partial charge in [-0.3, -0.25) is 0 Å². The first-order valence-corrected chi connectivity index (χ1v) is 5.90. The fourth-order valence-corrected chi connectivity index (χ4v) is 1.90. The zero-order valence-electron chi connectivity index (χ0n) is 10.0. The maximum atomic E-state index is 13.5. The van der Waals surface area contributed by atoms with Crippen molar-refractivity contribution in [1.29, 1.82) is 0 Å². The third-order valence-electron chi connectivity index (χ3n) is 2.42. The Kier molecular flexibility index (Phi) is 3.77. The second-order valence-electron chi connectivity index (χ2n) is 4.07. The van der Waals surface area contributed by atoms with Crippen LogP contribution in [0.4, 0.5) is 4.39 Å². The topological polar surface area (TPSA) is 35.0 Å². The van der Waals surface area contributed by atoms with Crippen molar-refractivity contribution in [3.05, 3.63) is 47.1 Å². The molecule has 0 fully saturated rings. The van der Waals surface area contributed by atoms with Crippen LogP contribution >= 0.6 is 11.6 Å². The predicted octanol–water partition coefficient (Wildman–Crippen LogP) is 4.18. The highest BCUT2D eigenvalue weighted by atomic mass is 35.5. The average molecular weight is 267 g/mol. The van der Waals surface area contributed by atoms with Gasteiger partial charge in [0.15, 0.2) is 11.6 Å². The van der Waals surface area contributed by atoms with Crippen molar-refractivity contribution in [2.75, 3.05) is 0 Å². The molecule has 18 heavy (non-hydrogen) atoms. The molecule has 94 valence electrons. The van der Waals surface area contributed by atoms with E-state index >= 15 is 0 Å². The van der Waals surface area contributed by atoms with Crippen LogP contribution in [0.3, 0.4) is 0 Å². The zero-order chi connectivity index (χ0) is 13.1. The van der Waals surface area contributed by atoms with E-state index in [1.807, 2.05) is 13.8 Å². The largest absolute Gasteiger partial charge is 0.435 e. The molecule has 0 saturated heterocycles. The molecular weight excluding hydrogens is 255 g/mol. The van der Waals surface area contributed by atoms with Crippen LogP contribution in [0.2, 0.25) is 5.15 Å². The Morgan fingerprint density at radius 2 is 1.94 bits per heavy atom. The number of benzene rings is 1. The summed E-state index contributed by atoms with van der Waals surface area (Å²) in [4.78, 5) is 7.92. The van der Waals surface area contributed by atoms with Crippen molar-refractivity contribution in [3.63, 3.8) is 0 Å². The Morgan fingerprint density at radius 1 is 1.22 bits per heavy atom. The van der Waals surface area contributed by atoms with Crippen LogP contribution < -0.4 is 4.74 Å². The maximum Gasteiger partial charge on any atom is 0.227 e. The van der Waals surface area contributed by atoms with Crippen molar-refractivity contribution >= 4 is 11.6 Å². The summed E-state index contributed by atoms with van der Waals surface area (Å²) in [5.74, 6) is 0.0479. The van der Waals surface area contributed by atoms with Crippen LogP contribution in [0.5, 0.6) is 11.6 Å². The number of para-hydroxylation sites is 1. The quantitative estimate of drug-likeness (QED) is 0.782.